The van der Waals surface area contributed by atoms with Gasteiger partial charge in [0.05, 0.1) is 7.11 Å². The molecule has 0 radical (unpaired) electrons. The predicted molar refractivity (Wildman–Crippen MR) is 153 cm³/mol. The maximum absolute atomic E-state index is 15.5. The van der Waals surface area contributed by atoms with Crippen molar-refractivity contribution in [1.29, 1.82) is 0 Å². The summed E-state index contributed by atoms with van der Waals surface area (Å²) >= 11 is 0. The number of carbonyl (C=O) groups excluding carboxylic acids is 2. The van der Waals surface area contributed by atoms with Gasteiger partial charge in [0.2, 0.25) is 0 Å². The predicted octanol–water partition coefficient (Wildman–Crippen LogP) is 4.18. The fourth-order valence-corrected chi connectivity index (χ4v) is 6.69. The van der Waals surface area contributed by atoms with Crippen LogP contribution in [0.25, 0.3) is 0 Å². The van der Waals surface area contributed by atoms with Crippen LogP contribution in [0.2, 0.25) is 0 Å². The molecule has 13 heteroatoms. The first-order chi connectivity index (χ1) is 21.0. The van der Waals surface area contributed by atoms with Crippen LogP contribution in [-0.4, -0.2) is 79.7 Å². The minimum atomic E-state index is -3.04. The maximum atomic E-state index is 15.5. The largest absolute Gasteiger partial charge is 0.497 e. The number of ether oxygens (including phenoxy) is 2. The maximum Gasteiger partial charge on any atom is 0.387 e. The minimum Gasteiger partial charge on any atom is -0.497 e. The van der Waals surface area contributed by atoms with E-state index in [2.05, 4.69) is 26.9 Å². The molecular weight excluding hydrogens is 582 g/mol. The van der Waals surface area contributed by atoms with Crippen molar-refractivity contribution in [2.75, 3.05) is 37.0 Å². The van der Waals surface area contributed by atoms with Crippen molar-refractivity contribution in [3.63, 3.8) is 0 Å². The molecule has 6 rings (SSSR count). The van der Waals surface area contributed by atoms with E-state index in [4.69, 9.17) is 9.72 Å². The molecule has 3 aromatic rings. The van der Waals surface area contributed by atoms with E-state index in [1.54, 1.807) is 19.1 Å². The van der Waals surface area contributed by atoms with Gasteiger partial charge in [-0.3, -0.25) is 19.4 Å². The van der Waals surface area contributed by atoms with Gasteiger partial charge in [0.1, 0.15) is 40.8 Å². The van der Waals surface area contributed by atoms with Crippen LogP contribution in [0.4, 0.5) is 29.2 Å². The minimum absolute atomic E-state index is 0.0362. The summed E-state index contributed by atoms with van der Waals surface area (Å²) in [4.78, 5) is 38.1. The second-order valence-corrected chi connectivity index (χ2v) is 11.3. The van der Waals surface area contributed by atoms with E-state index in [1.807, 2.05) is 6.07 Å². The monoisotopic (exact) mass is 613 g/mol. The average molecular weight is 614 g/mol. The summed E-state index contributed by atoms with van der Waals surface area (Å²) in [5, 5.41) is 2.64. The Morgan fingerprint density at radius 1 is 1.00 bits per heavy atom. The highest BCUT2D eigenvalue weighted by atomic mass is 19.3. The number of likely N-dealkylation sites (N-methyl/N-ethyl adjacent to an activating group) is 1. The lowest BCUT2D eigenvalue weighted by molar-refractivity contribution is -0.118. The number of hydrogen-bond acceptors (Lipinski definition) is 7. The number of aromatic nitrogens is 1. The average Bonchev–Trinajstić information content (AvgIpc) is 3.64. The molecule has 3 fully saturated rings. The number of pyridine rings is 1. The van der Waals surface area contributed by atoms with E-state index < -0.39 is 48.1 Å². The lowest BCUT2D eigenvalue weighted by Crippen LogP contribution is -2.45. The van der Waals surface area contributed by atoms with Crippen LogP contribution in [-0.2, 0) is 4.79 Å². The summed E-state index contributed by atoms with van der Waals surface area (Å²) in [6.07, 6.45) is 1.02. The van der Waals surface area contributed by atoms with Crippen molar-refractivity contribution in [2.24, 2.45) is 0 Å². The third kappa shape index (κ3) is 5.29. The quantitative estimate of drug-likeness (QED) is 0.382. The second kappa shape index (κ2) is 11.6. The van der Waals surface area contributed by atoms with Crippen molar-refractivity contribution < 1.29 is 36.6 Å². The summed E-state index contributed by atoms with van der Waals surface area (Å²) in [6, 6.07) is 10.7. The molecule has 5 atom stereocenters. The highest BCUT2D eigenvalue weighted by Gasteiger charge is 2.51. The molecule has 2 aromatic carbocycles. The van der Waals surface area contributed by atoms with E-state index in [1.165, 1.54) is 36.3 Å². The van der Waals surface area contributed by atoms with Gasteiger partial charge in [0.25, 0.3) is 11.8 Å². The number of alkyl halides is 2. The summed E-state index contributed by atoms with van der Waals surface area (Å²) in [7, 11) is 3.37. The summed E-state index contributed by atoms with van der Waals surface area (Å²) in [5.41, 5.74) is -0.342. The van der Waals surface area contributed by atoms with Gasteiger partial charge in [0, 0.05) is 60.4 Å². The molecular formula is C31H31F4N5O4. The third-order valence-corrected chi connectivity index (χ3v) is 8.81. The first-order valence-corrected chi connectivity index (χ1v) is 14.2. The van der Waals surface area contributed by atoms with Gasteiger partial charge in [-0.15, -0.1) is 0 Å². The molecule has 9 nitrogen and oxygen atoms in total. The zero-order valence-electron chi connectivity index (χ0n) is 24.2. The van der Waals surface area contributed by atoms with Crippen molar-refractivity contribution >= 4 is 23.5 Å². The molecule has 2 bridgehead atoms. The summed E-state index contributed by atoms with van der Waals surface area (Å²) in [5.74, 6) is -3.56. The Labute approximate surface area is 251 Å². The fraction of sp³-hybridized carbons (Fsp3) is 0.387. The van der Waals surface area contributed by atoms with Gasteiger partial charge in [-0.25, -0.2) is 13.8 Å². The zero-order chi connectivity index (χ0) is 31.3. The molecule has 2 amide bonds. The highest BCUT2D eigenvalue weighted by Crippen LogP contribution is 2.41. The van der Waals surface area contributed by atoms with E-state index in [-0.39, 0.29) is 22.6 Å². The van der Waals surface area contributed by atoms with Crippen molar-refractivity contribution in [3.8, 4) is 11.5 Å². The standard InChI is InChI=1S/C31H31F4N5O4/c1-16-26(27-22(32)12-21(43-3)13-23(27)33)28(37-29(41)17-7-9-20(10-8-17)44-31(34)35)30(42)40(16)25-6-4-5-24(36-25)39-15-18-11-19(39)14-38(18)2/h4-10,12-13,16,18-19,26,28,31H,11,14-15H2,1-3H3,(H,37,41)/t16-,18-,19-,26-,28?/m0/s1. The van der Waals surface area contributed by atoms with Crippen molar-refractivity contribution in [3.05, 3.63) is 77.4 Å². The number of halogens is 4. The van der Waals surface area contributed by atoms with Gasteiger partial charge in [0.15, 0.2) is 0 Å². The first-order valence-electron chi connectivity index (χ1n) is 14.2. The van der Waals surface area contributed by atoms with Crippen LogP contribution in [0, 0.1) is 11.6 Å². The van der Waals surface area contributed by atoms with Crippen molar-refractivity contribution in [2.45, 2.75) is 50.0 Å². The van der Waals surface area contributed by atoms with E-state index >= 15 is 8.78 Å². The van der Waals surface area contributed by atoms with E-state index in [0.29, 0.717) is 23.7 Å². The molecule has 1 N–H and O–H groups in total. The first kappa shape index (κ1) is 29.7. The molecule has 1 unspecified atom stereocenters. The number of anilines is 2. The van der Waals surface area contributed by atoms with Crippen LogP contribution >= 0.6 is 0 Å². The van der Waals surface area contributed by atoms with Crippen LogP contribution < -0.4 is 24.6 Å². The zero-order valence-corrected chi connectivity index (χ0v) is 24.2. The van der Waals surface area contributed by atoms with Crippen LogP contribution in [0.15, 0.2) is 54.6 Å². The molecule has 3 saturated heterocycles. The number of rotatable bonds is 8. The molecule has 3 aliphatic heterocycles. The summed E-state index contributed by atoms with van der Waals surface area (Å²) < 4.78 is 65.4. The lowest BCUT2D eigenvalue weighted by atomic mass is 9.87. The fourth-order valence-electron chi connectivity index (χ4n) is 6.69. The number of benzene rings is 2. The Balaban J connectivity index is 1.34. The van der Waals surface area contributed by atoms with E-state index in [0.717, 1.165) is 31.6 Å². The van der Waals surface area contributed by atoms with Crippen LogP contribution in [0.3, 0.4) is 0 Å². The number of amides is 2. The number of likely N-dealkylation sites (tertiary alicyclic amines) is 1. The molecule has 0 aliphatic carbocycles. The Morgan fingerprint density at radius 3 is 2.27 bits per heavy atom. The molecule has 4 heterocycles. The van der Waals surface area contributed by atoms with Gasteiger partial charge in [-0.1, -0.05) is 6.07 Å². The second-order valence-electron chi connectivity index (χ2n) is 11.3. The third-order valence-electron chi connectivity index (χ3n) is 8.81. The molecule has 1 aromatic heterocycles. The number of piperazine rings is 1. The lowest BCUT2D eigenvalue weighted by Gasteiger charge is -2.33. The topological polar surface area (TPSA) is 87.2 Å². The molecule has 0 spiro atoms. The van der Waals surface area contributed by atoms with Crippen LogP contribution in [0.1, 0.15) is 35.2 Å². The van der Waals surface area contributed by atoms with Crippen LogP contribution in [0.5, 0.6) is 11.5 Å². The summed E-state index contributed by atoms with van der Waals surface area (Å²) in [6.45, 7) is 0.306. The van der Waals surface area contributed by atoms with E-state index in [9.17, 15) is 18.4 Å². The Bertz CT molecular complexity index is 1550. The molecule has 0 saturated carbocycles. The molecule has 44 heavy (non-hydrogen) atoms. The number of methoxy groups -OCH3 is 1. The normalized spacial score (nSPS) is 24.8. The SMILES string of the molecule is COc1cc(F)c([C@H]2C(NC(=O)c3ccc(OC(F)F)cc3)C(=O)N(c3cccc(N4C[C@@H]5C[C@H]4CN5C)n3)[C@H]2C)c(F)c1. The Kier molecular flexibility index (Phi) is 7.82. The number of nitrogens with one attached hydrogen (secondary N) is 1. The van der Waals surface area contributed by atoms with Gasteiger partial charge < -0.3 is 19.7 Å². The number of carbonyl (C=O) groups is 2. The number of hydrogen-bond donors (Lipinski definition) is 1. The van der Waals surface area contributed by atoms with Gasteiger partial charge >= 0.3 is 6.61 Å². The Hall–Kier alpha value is -4.39. The van der Waals surface area contributed by atoms with Gasteiger partial charge in [-0.05, 0) is 56.8 Å². The molecule has 3 aliphatic rings. The van der Waals surface area contributed by atoms with Crippen molar-refractivity contribution in [1.82, 2.24) is 15.2 Å². The number of nitrogens with zero attached hydrogens (tertiary/aromatic N) is 4. The van der Waals surface area contributed by atoms with Gasteiger partial charge in [-0.2, -0.15) is 8.78 Å². The number of fused-ring (bicyclic) bond motifs is 2. The molecule has 232 valence electrons. The Morgan fingerprint density at radius 2 is 1.68 bits per heavy atom. The highest BCUT2D eigenvalue weighted by molar-refractivity contribution is 6.05. The smallest absolute Gasteiger partial charge is 0.387 e.